The van der Waals surface area contributed by atoms with Gasteiger partial charge in [-0.2, -0.15) is 0 Å². The Morgan fingerprint density at radius 2 is 1.90 bits per heavy atom. The van der Waals surface area contributed by atoms with Gasteiger partial charge >= 0.3 is 0 Å². The lowest BCUT2D eigenvalue weighted by Crippen LogP contribution is -2.43. The molecular weight excluding hydrogens is 256 g/mol. The van der Waals surface area contributed by atoms with Crippen LogP contribution in [0.15, 0.2) is 0 Å². The van der Waals surface area contributed by atoms with Crippen molar-refractivity contribution in [2.45, 2.75) is 51.2 Å². The van der Waals surface area contributed by atoms with E-state index in [2.05, 4.69) is 0 Å². The molecule has 0 aromatic carbocycles. The summed E-state index contributed by atoms with van der Waals surface area (Å²) in [7, 11) is 0. The summed E-state index contributed by atoms with van der Waals surface area (Å²) in [5.41, 5.74) is 5.43. The molecule has 2 N–H and O–H groups in total. The number of rotatable bonds is 7. The molecule has 0 unspecified atom stereocenters. The van der Waals surface area contributed by atoms with Crippen LogP contribution in [0.25, 0.3) is 0 Å². The Balaban J connectivity index is 1.60. The van der Waals surface area contributed by atoms with Crippen LogP contribution in [0.2, 0.25) is 0 Å². The summed E-state index contributed by atoms with van der Waals surface area (Å²) in [6.45, 7) is 5.66. The maximum absolute atomic E-state index is 12.2. The zero-order valence-electron chi connectivity index (χ0n) is 12.6. The smallest absolute Gasteiger partial charge is 0.222 e. The molecule has 2 rings (SSSR count). The third-order valence-electron chi connectivity index (χ3n) is 4.32. The van der Waals surface area contributed by atoms with Crippen LogP contribution >= 0.6 is 0 Å². The van der Waals surface area contributed by atoms with Gasteiger partial charge in [-0.15, -0.1) is 0 Å². The molecule has 0 spiro atoms. The Labute approximate surface area is 121 Å². The van der Waals surface area contributed by atoms with Crippen LogP contribution in [0.3, 0.4) is 0 Å². The first-order chi connectivity index (χ1) is 9.72. The molecule has 1 saturated heterocycles. The molecule has 1 amide bonds. The first-order valence-electron chi connectivity index (χ1n) is 7.94. The summed E-state index contributed by atoms with van der Waals surface area (Å²) in [6, 6.07) is 0. The number of likely N-dealkylation sites (tertiary alicyclic amines) is 1. The molecule has 0 aromatic heterocycles. The average molecular weight is 284 g/mol. The predicted octanol–water partition coefficient (Wildman–Crippen LogP) is 1.16. The monoisotopic (exact) mass is 284 g/mol. The molecule has 2 fully saturated rings. The third kappa shape index (κ3) is 4.43. The molecule has 1 aliphatic heterocycles. The average Bonchev–Trinajstić information content (AvgIpc) is 2.43. The molecule has 1 saturated carbocycles. The van der Waals surface area contributed by atoms with Crippen LogP contribution in [0, 0.1) is 5.92 Å². The molecule has 2 aliphatic rings. The van der Waals surface area contributed by atoms with E-state index in [1.165, 1.54) is 0 Å². The fourth-order valence-electron chi connectivity index (χ4n) is 3.10. The van der Waals surface area contributed by atoms with Crippen molar-refractivity contribution in [1.29, 1.82) is 0 Å². The topological polar surface area (TPSA) is 64.8 Å². The second-order valence-corrected chi connectivity index (χ2v) is 5.86. The molecule has 20 heavy (non-hydrogen) atoms. The summed E-state index contributed by atoms with van der Waals surface area (Å²) in [5.74, 6) is 0.840. The van der Waals surface area contributed by atoms with Crippen LogP contribution in [0.1, 0.15) is 39.0 Å². The van der Waals surface area contributed by atoms with Gasteiger partial charge in [0.25, 0.3) is 0 Å². The lowest BCUT2D eigenvalue weighted by Gasteiger charge is -2.37. The summed E-state index contributed by atoms with van der Waals surface area (Å²) >= 11 is 0. The Bertz CT molecular complexity index is 297. The molecule has 0 aromatic rings. The number of amides is 1. The SMILES string of the molecule is CCOC1CC(CC(=O)N2CCC(OCCN)CC2)C1. The van der Waals surface area contributed by atoms with Gasteiger partial charge in [0.15, 0.2) is 0 Å². The van der Waals surface area contributed by atoms with Gasteiger partial charge in [0.2, 0.25) is 5.91 Å². The summed E-state index contributed by atoms with van der Waals surface area (Å²) in [4.78, 5) is 14.2. The minimum absolute atomic E-state index is 0.286. The van der Waals surface area contributed by atoms with Crippen LogP contribution in [0.4, 0.5) is 0 Å². The molecule has 116 valence electrons. The lowest BCUT2D eigenvalue weighted by molar-refractivity contribution is -0.137. The van der Waals surface area contributed by atoms with Gasteiger partial charge in [0, 0.05) is 32.7 Å². The van der Waals surface area contributed by atoms with Crippen molar-refractivity contribution >= 4 is 5.91 Å². The number of hydrogen-bond acceptors (Lipinski definition) is 4. The first kappa shape index (κ1) is 15.7. The zero-order valence-corrected chi connectivity index (χ0v) is 12.6. The van der Waals surface area contributed by atoms with Crippen LogP contribution in [-0.4, -0.2) is 55.9 Å². The Morgan fingerprint density at radius 1 is 1.20 bits per heavy atom. The Hall–Kier alpha value is -0.650. The largest absolute Gasteiger partial charge is 0.378 e. The number of carbonyl (C=O) groups is 1. The third-order valence-corrected chi connectivity index (χ3v) is 4.32. The molecule has 1 aliphatic carbocycles. The van der Waals surface area contributed by atoms with Gasteiger partial charge in [0.05, 0.1) is 18.8 Å². The van der Waals surface area contributed by atoms with Crippen molar-refractivity contribution in [1.82, 2.24) is 4.90 Å². The van der Waals surface area contributed by atoms with Gasteiger partial charge in [-0.25, -0.2) is 0 Å². The van der Waals surface area contributed by atoms with E-state index in [1.807, 2.05) is 11.8 Å². The van der Waals surface area contributed by atoms with Crippen LogP contribution in [-0.2, 0) is 14.3 Å². The van der Waals surface area contributed by atoms with E-state index in [4.69, 9.17) is 15.2 Å². The van der Waals surface area contributed by atoms with E-state index in [0.717, 1.165) is 45.4 Å². The highest BCUT2D eigenvalue weighted by molar-refractivity contribution is 5.76. The van der Waals surface area contributed by atoms with Crippen molar-refractivity contribution < 1.29 is 14.3 Å². The highest BCUT2D eigenvalue weighted by Crippen LogP contribution is 2.33. The quantitative estimate of drug-likeness (QED) is 0.762. The number of hydrogen-bond donors (Lipinski definition) is 1. The number of nitrogens with zero attached hydrogens (tertiary/aromatic N) is 1. The van der Waals surface area contributed by atoms with Gasteiger partial charge in [-0.05, 0) is 38.5 Å². The first-order valence-corrected chi connectivity index (χ1v) is 7.94. The van der Waals surface area contributed by atoms with Crippen LogP contribution in [0.5, 0.6) is 0 Å². The van der Waals surface area contributed by atoms with E-state index in [0.29, 0.717) is 37.5 Å². The van der Waals surface area contributed by atoms with Gasteiger partial charge in [-0.1, -0.05) is 0 Å². The van der Waals surface area contributed by atoms with E-state index in [9.17, 15) is 4.79 Å². The molecule has 5 nitrogen and oxygen atoms in total. The van der Waals surface area contributed by atoms with E-state index < -0.39 is 0 Å². The maximum atomic E-state index is 12.2. The number of ether oxygens (including phenoxy) is 2. The predicted molar refractivity (Wildman–Crippen MR) is 77.4 cm³/mol. The van der Waals surface area contributed by atoms with Gasteiger partial charge in [-0.3, -0.25) is 4.79 Å². The summed E-state index contributed by atoms with van der Waals surface area (Å²) in [6.07, 6.45) is 5.36. The molecule has 5 heteroatoms. The van der Waals surface area contributed by atoms with Crippen molar-refractivity contribution in [2.24, 2.45) is 11.7 Å². The molecule has 1 heterocycles. The van der Waals surface area contributed by atoms with Crippen molar-refractivity contribution in [3.8, 4) is 0 Å². The number of piperidine rings is 1. The second kappa shape index (κ2) is 7.96. The molecule has 0 radical (unpaired) electrons. The minimum Gasteiger partial charge on any atom is -0.378 e. The summed E-state index contributed by atoms with van der Waals surface area (Å²) < 4.78 is 11.2. The zero-order chi connectivity index (χ0) is 14.4. The molecule has 0 bridgehead atoms. The van der Waals surface area contributed by atoms with Crippen LogP contribution < -0.4 is 5.73 Å². The minimum atomic E-state index is 0.286. The van der Waals surface area contributed by atoms with Crippen molar-refractivity contribution in [3.63, 3.8) is 0 Å². The number of nitrogens with two attached hydrogens (primary N) is 1. The fraction of sp³-hybridized carbons (Fsp3) is 0.933. The molecular formula is C15H28N2O3. The van der Waals surface area contributed by atoms with Crippen molar-refractivity contribution in [3.05, 3.63) is 0 Å². The standard InChI is InChI=1S/C15H28N2O3/c1-2-19-14-9-12(10-14)11-15(18)17-6-3-13(4-7-17)20-8-5-16/h12-14H,2-11,16H2,1H3. The van der Waals surface area contributed by atoms with E-state index in [-0.39, 0.29) is 6.10 Å². The highest BCUT2D eigenvalue weighted by Gasteiger charge is 2.33. The number of carbonyl (C=O) groups excluding carboxylic acids is 1. The Kier molecular flexibility index (Phi) is 6.26. The fourth-order valence-corrected chi connectivity index (χ4v) is 3.10. The Morgan fingerprint density at radius 3 is 2.50 bits per heavy atom. The maximum Gasteiger partial charge on any atom is 0.222 e. The second-order valence-electron chi connectivity index (χ2n) is 5.86. The highest BCUT2D eigenvalue weighted by atomic mass is 16.5. The van der Waals surface area contributed by atoms with Gasteiger partial charge < -0.3 is 20.1 Å². The molecule has 0 atom stereocenters. The van der Waals surface area contributed by atoms with Gasteiger partial charge in [0.1, 0.15) is 0 Å². The van der Waals surface area contributed by atoms with E-state index in [1.54, 1.807) is 0 Å². The summed E-state index contributed by atoms with van der Waals surface area (Å²) in [5, 5.41) is 0. The van der Waals surface area contributed by atoms with Crippen molar-refractivity contribution in [2.75, 3.05) is 32.8 Å². The normalized spacial score (nSPS) is 27.4. The lowest BCUT2D eigenvalue weighted by atomic mass is 9.79. The van der Waals surface area contributed by atoms with E-state index >= 15 is 0 Å².